The number of fused-ring (bicyclic) bond motifs is 1. The van der Waals surface area contributed by atoms with Gasteiger partial charge in [-0.3, -0.25) is 4.79 Å². The Morgan fingerprint density at radius 3 is 3.16 bits per heavy atom. The Morgan fingerprint density at radius 2 is 2.32 bits per heavy atom. The zero-order valence-electron chi connectivity index (χ0n) is 13.0. The minimum Gasteiger partial charge on any atom is -0.492 e. The maximum absolute atomic E-state index is 12.3. The second-order valence-electron chi connectivity index (χ2n) is 5.56. The SMILES string of the molecule is O=C(OCc1nc(-c2cccs2)no1)[C@@H]1COc2ccc(Cl)cc2C1. The van der Waals surface area contributed by atoms with Gasteiger partial charge in [-0.1, -0.05) is 22.8 Å². The highest BCUT2D eigenvalue weighted by Gasteiger charge is 2.28. The van der Waals surface area contributed by atoms with Crippen LogP contribution in [0.3, 0.4) is 0 Å². The molecule has 6 nitrogen and oxygen atoms in total. The van der Waals surface area contributed by atoms with Gasteiger partial charge in [0.1, 0.15) is 12.4 Å². The van der Waals surface area contributed by atoms with Gasteiger partial charge >= 0.3 is 5.97 Å². The average Bonchev–Trinajstić information content (AvgIpc) is 3.30. The van der Waals surface area contributed by atoms with Crippen LogP contribution in [0.5, 0.6) is 5.75 Å². The summed E-state index contributed by atoms with van der Waals surface area (Å²) in [6.07, 6.45) is 0.527. The molecule has 0 radical (unpaired) electrons. The summed E-state index contributed by atoms with van der Waals surface area (Å²) < 4.78 is 16.0. The largest absolute Gasteiger partial charge is 0.492 e. The van der Waals surface area contributed by atoms with E-state index >= 15 is 0 Å². The number of thiophene rings is 1. The zero-order valence-corrected chi connectivity index (χ0v) is 14.5. The Labute approximate surface area is 152 Å². The molecular formula is C17H13ClN2O4S. The minimum absolute atomic E-state index is 0.0594. The molecule has 3 heterocycles. The first-order chi connectivity index (χ1) is 12.2. The molecule has 0 bridgehead atoms. The summed E-state index contributed by atoms with van der Waals surface area (Å²) in [5.41, 5.74) is 0.901. The van der Waals surface area contributed by atoms with Crippen molar-refractivity contribution < 1.29 is 18.8 Å². The van der Waals surface area contributed by atoms with Gasteiger partial charge in [0, 0.05) is 5.02 Å². The molecule has 1 atom stereocenters. The molecule has 1 aliphatic heterocycles. The van der Waals surface area contributed by atoms with Crippen molar-refractivity contribution in [3.05, 3.63) is 52.2 Å². The molecule has 3 aromatic rings. The van der Waals surface area contributed by atoms with Crippen LogP contribution in [0.1, 0.15) is 11.5 Å². The number of benzene rings is 1. The Morgan fingerprint density at radius 1 is 1.40 bits per heavy atom. The number of ether oxygens (including phenoxy) is 2. The molecule has 0 N–H and O–H groups in total. The van der Waals surface area contributed by atoms with E-state index in [2.05, 4.69) is 10.1 Å². The van der Waals surface area contributed by atoms with Crippen molar-refractivity contribution in [1.82, 2.24) is 10.1 Å². The molecule has 0 spiro atoms. The third-order valence-corrected chi connectivity index (χ3v) is 4.91. The van der Waals surface area contributed by atoms with Crippen LogP contribution in [0.2, 0.25) is 5.02 Å². The topological polar surface area (TPSA) is 74.5 Å². The lowest BCUT2D eigenvalue weighted by Crippen LogP contribution is -2.29. The normalized spacial score (nSPS) is 16.1. The molecule has 1 aromatic carbocycles. The van der Waals surface area contributed by atoms with Crippen LogP contribution in [0.4, 0.5) is 0 Å². The van der Waals surface area contributed by atoms with Crippen molar-refractivity contribution in [3.8, 4) is 16.5 Å². The highest BCUT2D eigenvalue weighted by Crippen LogP contribution is 2.30. The van der Waals surface area contributed by atoms with E-state index < -0.39 is 0 Å². The van der Waals surface area contributed by atoms with Crippen LogP contribution >= 0.6 is 22.9 Å². The number of carbonyl (C=O) groups is 1. The summed E-state index contributed by atoms with van der Waals surface area (Å²) in [5, 5.41) is 6.43. The van der Waals surface area contributed by atoms with Gasteiger partial charge in [0.15, 0.2) is 6.61 Å². The standard InChI is InChI=1S/C17H13ClN2O4S/c18-12-3-4-13-10(7-12)6-11(8-22-13)17(21)23-9-15-19-16(20-24-15)14-2-1-5-25-14/h1-5,7,11H,6,8-9H2/t11-/m0/s1. The van der Waals surface area contributed by atoms with Gasteiger partial charge in [0.2, 0.25) is 5.82 Å². The molecule has 25 heavy (non-hydrogen) atoms. The fourth-order valence-corrected chi connectivity index (χ4v) is 3.43. The fraction of sp³-hybridized carbons (Fsp3) is 0.235. The summed E-state index contributed by atoms with van der Waals surface area (Å²) in [7, 11) is 0. The minimum atomic E-state index is -0.384. The lowest BCUT2D eigenvalue weighted by atomic mass is 9.97. The van der Waals surface area contributed by atoms with Gasteiger partial charge in [-0.2, -0.15) is 4.98 Å². The molecule has 0 saturated carbocycles. The van der Waals surface area contributed by atoms with Crippen molar-refractivity contribution >= 4 is 28.9 Å². The third-order valence-electron chi connectivity index (χ3n) is 3.81. The van der Waals surface area contributed by atoms with E-state index in [1.54, 1.807) is 6.07 Å². The van der Waals surface area contributed by atoms with Gasteiger partial charge in [0.05, 0.1) is 10.8 Å². The molecule has 0 saturated heterocycles. The van der Waals surface area contributed by atoms with Gasteiger partial charge < -0.3 is 14.0 Å². The Balaban J connectivity index is 1.37. The van der Waals surface area contributed by atoms with Gasteiger partial charge in [-0.05, 0) is 41.6 Å². The molecule has 4 rings (SSSR count). The van der Waals surface area contributed by atoms with E-state index in [9.17, 15) is 4.79 Å². The number of hydrogen-bond donors (Lipinski definition) is 0. The van der Waals surface area contributed by atoms with E-state index in [0.717, 1.165) is 16.2 Å². The summed E-state index contributed by atoms with van der Waals surface area (Å²) in [6.45, 7) is 0.216. The van der Waals surface area contributed by atoms with Gasteiger partial charge in [-0.15, -0.1) is 11.3 Å². The van der Waals surface area contributed by atoms with E-state index in [4.69, 9.17) is 25.6 Å². The van der Waals surface area contributed by atoms with Crippen LogP contribution in [-0.4, -0.2) is 22.7 Å². The summed E-state index contributed by atoms with van der Waals surface area (Å²) in [5.74, 6) is 0.764. The highest BCUT2D eigenvalue weighted by atomic mass is 35.5. The molecular weight excluding hydrogens is 364 g/mol. The van der Waals surface area contributed by atoms with Crippen molar-refractivity contribution in [2.75, 3.05) is 6.61 Å². The first-order valence-electron chi connectivity index (χ1n) is 7.63. The lowest BCUT2D eigenvalue weighted by molar-refractivity contribution is -0.152. The molecule has 0 amide bonds. The fourth-order valence-electron chi connectivity index (χ4n) is 2.58. The number of rotatable bonds is 4. The number of carbonyl (C=O) groups excluding carboxylic acids is 1. The van der Waals surface area contributed by atoms with E-state index in [0.29, 0.717) is 17.3 Å². The number of esters is 1. The van der Waals surface area contributed by atoms with Crippen molar-refractivity contribution in [1.29, 1.82) is 0 Å². The number of nitrogens with zero attached hydrogens (tertiary/aromatic N) is 2. The summed E-state index contributed by atoms with van der Waals surface area (Å²) in [6, 6.07) is 9.18. The molecule has 8 heteroatoms. The molecule has 2 aromatic heterocycles. The van der Waals surface area contributed by atoms with E-state index in [-0.39, 0.29) is 31.0 Å². The quantitative estimate of drug-likeness (QED) is 0.645. The van der Waals surface area contributed by atoms with Crippen LogP contribution in [0.25, 0.3) is 10.7 Å². The molecule has 0 aliphatic carbocycles. The molecule has 128 valence electrons. The first kappa shape index (κ1) is 16.1. The zero-order chi connectivity index (χ0) is 17.2. The Bertz CT molecular complexity index is 894. The number of hydrogen-bond acceptors (Lipinski definition) is 7. The summed E-state index contributed by atoms with van der Waals surface area (Å²) in [4.78, 5) is 17.4. The van der Waals surface area contributed by atoms with Crippen LogP contribution < -0.4 is 4.74 Å². The first-order valence-corrected chi connectivity index (χ1v) is 8.89. The summed E-state index contributed by atoms with van der Waals surface area (Å²) >= 11 is 7.50. The second kappa shape index (κ2) is 6.85. The molecule has 0 fully saturated rings. The number of halogens is 1. The highest BCUT2D eigenvalue weighted by molar-refractivity contribution is 7.13. The van der Waals surface area contributed by atoms with Crippen LogP contribution in [0, 0.1) is 5.92 Å². The predicted octanol–water partition coefficient (Wildman–Crippen LogP) is 3.75. The molecule has 1 aliphatic rings. The maximum atomic E-state index is 12.3. The maximum Gasteiger partial charge on any atom is 0.313 e. The van der Waals surface area contributed by atoms with Crippen molar-refractivity contribution in [2.24, 2.45) is 5.92 Å². The van der Waals surface area contributed by atoms with Crippen molar-refractivity contribution in [3.63, 3.8) is 0 Å². The average molecular weight is 377 g/mol. The van der Waals surface area contributed by atoms with Gasteiger partial charge in [-0.25, -0.2) is 0 Å². The Hall–Kier alpha value is -2.38. The van der Waals surface area contributed by atoms with Crippen LogP contribution in [0.15, 0.2) is 40.2 Å². The van der Waals surface area contributed by atoms with Gasteiger partial charge in [0.25, 0.3) is 5.89 Å². The van der Waals surface area contributed by atoms with Crippen LogP contribution in [-0.2, 0) is 22.6 Å². The smallest absolute Gasteiger partial charge is 0.313 e. The van der Waals surface area contributed by atoms with E-state index in [1.165, 1.54) is 11.3 Å². The predicted molar refractivity (Wildman–Crippen MR) is 91.5 cm³/mol. The van der Waals surface area contributed by atoms with Crippen molar-refractivity contribution in [2.45, 2.75) is 13.0 Å². The third kappa shape index (κ3) is 3.52. The Kier molecular flexibility index (Phi) is 4.42. The molecule has 0 unspecified atom stereocenters. The second-order valence-corrected chi connectivity index (χ2v) is 6.94. The number of aromatic nitrogens is 2. The lowest BCUT2D eigenvalue weighted by Gasteiger charge is -2.23. The van der Waals surface area contributed by atoms with E-state index in [1.807, 2.05) is 29.6 Å². The monoisotopic (exact) mass is 376 g/mol.